The molecule has 0 aliphatic carbocycles. The average molecular weight is 416 g/mol. The summed E-state index contributed by atoms with van der Waals surface area (Å²) in [5, 5.41) is 2.77. The van der Waals surface area contributed by atoms with Gasteiger partial charge in [0, 0.05) is 23.5 Å². The van der Waals surface area contributed by atoms with Crippen LogP contribution in [0.3, 0.4) is 0 Å². The highest BCUT2D eigenvalue weighted by molar-refractivity contribution is 6.05. The van der Waals surface area contributed by atoms with Crippen LogP contribution in [0.25, 0.3) is 0 Å². The first-order valence-electron chi connectivity index (χ1n) is 9.15. The molecule has 156 valence electrons. The third kappa shape index (κ3) is 5.73. The summed E-state index contributed by atoms with van der Waals surface area (Å²) in [6.07, 6.45) is -4.01. The minimum Gasteiger partial charge on any atom is -0.457 e. The molecule has 0 saturated heterocycles. The first-order valence-corrected chi connectivity index (χ1v) is 9.15. The van der Waals surface area contributed by atoms with Crippen LogP contribution in [-0.2, 0) is 6.42 Å². The Morgan fingerprint density at radius 2 is 1.67 bits per heavy atom. The van der Waals surface area contributed by atoms with Gasteiger partial charge in [-0.05, 0) is 49.7 Å². The quantitative estimate of drug-likeness (QED) is 0.544. The number of ether oxygens (including phenoxy) is 2. The van der Waals surface area contributed by atoms with E-state index in [0.717, 1.165) is 18.2 Å². The molecule has 3 rings (SSSR count). The second kappa shape index (κ2) is 8.86. The first kappa shape index (κ1) is 21.2. The lowest BCUT2D eigenvalue weighted by molar-refractivity contribution is -0.274. The molecule has 2 aromatic carbocycles. The topological polar surface area (TPSA) is 60.5 Å². The number of halogens is 3. The summed E-state index contributed by atoms with van der Waals surface area (Å²) >= 11 is 0. The fraction of sp³-hybridized carbons (Fsp3) is 0.182. The lowest BCUT2D eigenvalue weighted by Crippen LogP contribution is -2.17. The number of hydrogen-bond donors (Lipinski definition) is 1. The summed E-state index contributed by atoms with van der Waals surface area (Å²) < 4.78 is 46.6. The van der Waals surface area contributed by atoms with Crippen molar-refractivity contribution in [3.8, 4) is 17.2 Å². The molecule has 8 heteroatoms. The summed E-state index contributed by atoms with van der Waals surface area (Å²) in [6, 6.07) is 15.2. The van der Waals surface area contributed by atoms with Crippen molar-refractivity contribution in [1.82, 2.24) is 4.98 Å². The van der Waals surface area contributed by atoms with E-state index in [1.807, 2.05) is 6.92 Å². The maximum Gasteiger partial charge on any atom is 0.573 e. The van der Waals surface area contributed by atoms with Crippen molar-refractivity contribution in [3.63, 3.8) is 0 Å². The summed E-state index contributed by atoms with van der Waals surface area (Å²) in [4.78, 5) is 17.0. The van der Waals surface area contributed by atoms with Gasteiger partial charge in [0.15, 0.2) is 0 Å². The summed E-state index contributed by atoms with van der Waals surface area (Å²) in [5.41, 5.74) is 2.45. The molecule has 0 aliphatic heterocycles. The van der Waals surface area contributed by atoms with E-state index in [1.54, 1.807) is 43.3 Å². The van der Waals surface area contributed by atoms with E-state index in [9.17, 15) is 18.0 Å². The van der Waals surface area contributed by atoms with Gasteiger partial charge < -0.3 is 14.8 Å². The van der Waals surface area contributed by atoms with Gasteiger partial charge in [-0.3, -0.25) is 9.78 Å². The largest absolute Gasteiger partial charge is 0.573 e. The Hall–Kier alpha value is -3.55. The lowest BCUT2D eigenvalue weighted by Gasteiger charge is -2.12. The average Bonchev–Trinajstić information content (AvgIpc) is 2.67. The molecule has 0 aliphatic rings. The predicted molar refractivity (Wildman–Crippen MR) is 106 cm³/mol. The normalized spacial score (nSPS) is 11.1. The van der Waals surface area contributed by atoms with E-state index >= 15 is 0 Å². The molecule has 0 saturated carbocycles. The van der Waals surface area contributed by atoms with Crippen molar-refractivity contribution in [2.24, 2.45) is 0 Å². The van der Waals surface area contributed by atoms with Crippen LogP contribution < -0.4 is 14.8 Å². The molecular weight excluding hydrogens is 397 g/mol. The highest BCUT2D eigenvalue weighted by Crippen LogP contribution is 2.30. The van der Waals surface area contributed by atoms with Gasteiger partial charge in [-0.2, -0.15) is 0 Å². The minimum absolute atomic E-state index is 0.162. The van der Waals surface area contributed by atoms with Gasteiger partial charge in [0.2, 0.25) is 0 Å². The van der Waals surface area contributed by atoms with Crippen LogP contribution in [0.1, 0.15) is 28.7 Å². The number of rotatable bonds is 6. The maximum absolute atomic E-state index is 12.6. The second-order valence-corrected chi connectivity index (χ2v) is 6.40. The van der Waals surface area contributed by atoms with Crippen LogP contribution in [0.5, 0.6) is 17.2 Å². The molecule has 1 heterocycles. The van der Waals surface area contributed by atoms with Gasteiger partial charge in [-0.15, -0.1) is 13.2 Å². The fourth-order valence-corrected chi connectivity index (χ4v) is 2.76. The molecule has 0 fully saturated rings. The van der Waals surface area contributed by atoms with Gasteiger partial charge in [0.1, 0.15) is 17.2 Å². The van der Waals surface area contributed by atoms with Gasteiger partial charge >= 0.3 is 6.36 Å². The zero-order valence-corrected chi connectivity index (χ0v) is 16.3. The van der Waals surface area contributed by atoms with Crippen molar-refractivity contribution >= 4 is 11.6 Å². The number of nitrogens with zero attached hydrogens (tertiary/aromatic N) is 1. The Bertz CT molecular complexity index is 1050. The van der Waals surface area contributed by atoms with E-state index in [0.29, 0.717) is 22.7 Å². The molecule has 1 N–H and O–H groups in total. The highest BCUT2D eigenvalue weighted by atomic mass is 19.4. The molecule has 0 atom stereocenters. The molecule has 0 unspecified atom stereocenters. The molecule has 1 aromatic heterocycles. The Kier molecular flexibility index (Phi) is 6.25. The number of anilines is 1. The van der Waals surface area contributed by atoms with Gasteiger partial charge in [-0.25, -0.2) is 0 Å². The SMILES string of the molecule is CCc1ccc(C(=O)Nc2cccc(Oc3cccc(OC(F)(F)F)c3)c2)c(C)n1. The van der Waals surface area contributed by atoms with Gasteiger partial charge in [0.05, 0.1) is 11.3 Å². The third-order valence-electron chi connectivity index (χ3n) is 4.12. The van der Waals surface area contributed by atoms with Crippen LogP contribution in [0, 0.1) is 6.92 Å². The number of pyridine rings is 1. The number of hydrogen-bond acceptors (Lipinski definition) is 4. The maximum atomic E-state index is 12.6. The van der Waals surface area contributed by atoms with Crippen LogP contribution in [0.4, 0.5) is 18.9 Å². The monoisotopic (exact) mass is 416 g/mol. The van der Waals surface area contributed by atoms with Crippen LogP contribution in [-0.4, -0.2) is 17.3 Å². The molecule has 3 aromatic rings. The number of carbonyl (C=O) groups excluding carboxylic acids is 1. The molecule has 30 heavy (non-hydrogen) atoms. The van der Waals surface area contributed by atoms with Crippen LogP contribution >= 0.6 is 0 Å². The molecule has 1 amide bonds. The lowest BCUT2D eigenvalue weighted by atomic mass is 10.1. The number of nitrogens with one attached hydrogen (secondary N) is 1. The number of amides is 1. The van der Waals surface area contributed by atoms with Crippen molar-refractivity contribution in [3.05, 3.63) is 77.6 Å². The van der Waals surface area contributed by atoms with Gasteiger partial charge in [-0.1, -0.05) is 19.1 Å². The van der Waals surface area contributed by atoms with Crippen molar-refractivity contribution in [2.75, 3.05) is 5.32 Å². The van der Waals surface area contributed by atoms with Crippen LogP contribution in [0.2, 0.25) is 0 Å². The van der Waals surface area contributed by atoms with E-state index in [1.165, 1.54) is 18.2 Å². The number of carbonyl (C=O) groups is 1. The Balaban J connectivity index is 1.72. The third-order valence-corrected chi connectivity index (χ3v) is 4.12. The number of benzene rings is 2. The number of aromatic nitrogens is 1. The Morgan fingerprint density at radius 1 is 1.00 bits per heavy atom. The Morgan fingerprint density at radius 3 is 2.33 bits per heavy atom. The molecular formula is C22H19F3N2O3. The molecule has 0 radical (unpaired) electrons. The summed E-state index contributed by atoms with van der Waals surface area (Å²) in [7, 11) is 0. The predicted octanol–water partition coefficient (Wildman–Crippen LogP) is 5.90. The Labute approximate surface area is 171 Å². The van der Waals surface area contributed by atoms with Crippen molar-refractivity contribution in [2.45, 2.75) is 26.6 Å². The van der Waals surface area contributed by atoms with E-state index < -0.39 is 6.36 Å². The van der Waals surface area contributed by atoms with Gasteiger partial charge in [0.25, 0.3) is 5.91 Å². The summed E-state index contributed by atoms with van der Waals surface area (Å²) in [6.45, 7) is 3.75. The molecule has 5 nitrogen and oxygen atoms in total. The van der Waals surface area contributed by atoms with Crippen LogP contribution in [0.15, 0.2) is 60.7 Å². The summed E-state index contributed by atoms with van der Waals surface area (Å²) in [5.74, 6) is -0.202. The van der Waals surface area contributed by atoms with Crippen molar-refractivity contribution in [1.29, 1.82) is 0 Å². The fourth-order valence-electron chi connectivity index (χ4n) is 2.76. The van der Waals surface area contributed by atoms with E-state index in [2.05, 4.69) is 15.0 Å². The number of aryl methyl sites for hydroxylation is 2. The molecule has 0 spiro atoms. The van der Waals surface area contributed by atoms with Crippen molar-refractivity contribution < 1.29 is 27.4 Å². The second-order valence-electron chi connectivity index (χ2n) is 6.40. The first-order chi connectivity index (χ1) is 14.2. The van der Waals surface area contributed by atoms with E-state index in [4.69, 9.17) is 4.74 Å². The zero-order chi connectivity index (χ0) is 21.7. The molecule has 0 bridgehead atoms. The van der Waals surface area contributed by atoms with E-state index in [-0.39, 0.29) is 17.4 Å². The number of alkyl halides is 3. The highest BCUT2D eigenvalue weighted by Gasteiger charge is 2.31. The smallest absolute Gasteiger partial charge is 0.457 e. The minimum atomic E-state index is -4.79. The standard InChI is InChI=1S/C22H19F3N2O3/c1-3-15-10-11-20(14(2)26-15)21(28)27-16-6-4-7-17(12-16)29-18-8-5-9-19(13-18)30-22(23,24)25/h4-13H,3H2,1-2H3,(H,27,28). The zero-order valence-electron chi connectivity index (χ0n) is 16.3.